The van der Waals surface area contributed by atoms with E-state index < -0.39 is 9.84 Å². The lowest BCUT2D eigenvalue weighted by Gasteiger charge is -2.06. The first-order chi connectivity index (χ1) is 6.42. The van der Waals surface area contributed by atoms with E-state index in [0.29, 0.717) is 0 Å². The summed E-state index contributed by atoms with van der Waals surface area (Å²) in [6, 6.07) is 0. The van der Waals surface area contributed by atoms with Gasteiger partial charge in [0.25, 0.3) is 0 Å². The van der Waals surface area contributed by atoms with Gasteiger partial charge in [-0.2, -0.15) is 5.10 Å². The Morgan fingerprint density at radius 3 is 2.64 bits per heavy atom. The summed E-state index contributed by atoms with van der Waals surface area (Å²) >= 11 is 0. The van der Waals surface area contributed by atoms with Crippen molar-refractivity contribution < 1.29 is 13.5 Å². The monoisotopic (exact) mass is 218 g/mol. The molecule has 14 heavy (non-hydrogen) atoms. The largest absolute Gasteiger partial charge is 0.505 e. The van der Waals surface area contributed by atoms with Gasteiger partial charge in [0.2, 0.25) is 0 Å². The van der Waals surface area contributed by atoms with Crippen molar-refractivity contribution in [1.82, 2.24) is 9.78 Å². The third-order valence-corrected chi connectivity index (χ3v) is 4.13. The molecule has 6 heteroatoms. The Morgan fingerprint density at radius 1 is 1.57 bits per heavy atom. The molecule has 0 spiro atoms. The van der Waals surface area contributed by atoms with Crippen molar-refractivity contribution in [3.8, 4) is 5.75 Å². The van der Waals surface area contributed by atoms with Crippen LogP contribution in [0.4, 0.5) is 0 Å². The van der Waals surface area contributed by atoms with E-state index in [9.17, 15) is 8.42 Å². The maximum absolute atomic E-state index is 11.4. The summed E-state index contributed by atoms with van der Waals surface area (Å²) < 4.78 is 24.2. The van der Waals surface area contributed by atoms with Crippen LogP contribution in [0.15, 0.2) is 12.4 Å². The van der Waals surface area contributed by atoms with Gasteiger partial charge >= 0.3 is 0 Å². The number of aromatic hydroxyl groups is 1. The highest BCUT2D eigenvalue weighted by Crippen LogP contribution is 2.06. The first kappa shape index (κ1) is 11.0. The lowest BCUT2D eigenvalue weighted by molar-refractivity contribution is 0.473. The molecule has 1 aromatic heterocycles. The van der Waals surface area contributed by atoms with Crippen LogP contribution < -0.4 is 0 Å². The van der Waals surface area contributed by atoms with Crippen molar-refractivity contribution in [2.24, 2.45) is 0 Å². The molecule has 0 aromatic carbocycles. The molecule has 0 aliphatic rings. The maximum atomic E-state index is 11.4. The Labute approximate surface area is 83.3 Å². The van der Waals surface area contributed by atoms with Gasteiger partial charge < -0.3 is 5.11 Å². The van der Waals surface area contributed by atoms with Crippen molar-refractivity contribution in [3.05, 3.63) is 12.4 Å². The second-order valence-electron chi connectivity index (χ2n) is 3.38. The third kappa shape index (κ3) is 2.73. The summed E-state index contributed by atoms with van der Waals surface area (Å²) in [5, 5.41) is 12.4. The molecular formula is C8H14N2O3S. The van der Waals surface area contributed by atoms with Crippen molar-refractivity contribution in [1.29, 1.82) is 0 Å². The standard InChI is InChI=1S/C8H14N2O3S/c1-7(2)14(12,13)4-3-10-6-8(11)5-9-10/h5-7,11H,3-4H2,1-2H3. The zero-order chi connectivity index (χ0) is 10.8. The molecule has 1 heterocycles. The highest BCUT2D eigenvalue weighted by Gasteiger charge is 2.15. The first-order valence-corrected chi connectivity index (χ1v) is 6.06. The Balaban J connectivity index is 2.57. The SMILES string of the molecule is CC(C)S(=O)(=O)CCn1cc(O)cn1. The van der Waals surface area contributed by atoms with E-state index >= 15 is 0 Å². The molecule has 0 atom stereocenters. The van der Waals surface area contributed by atoms with Crippen LogP contribution in [0.25, 0.3) is 0 Å². The molecule has 5 nitrogen and oxygen atoms in total. The fourth-order valence-electron chi connectivity index (χ4n) is 0.931. The molecule has 1 rings (SSSR count). The van der Waals surface area contributed by atoms with Gasteiger partial charge in [-0.15, -0.1) is 0 Å². The first-order valence-electron chi connectivity index (χ1n) is 4.35. The molecule has 0 aliphatic carbocycles. The van der Waals surface area contributed by atoms with Crippen LogP contribution in [0.3, 0.4) is 0 Å². The van der Waals surface area contributed by atoms with Crippen molar-refractivity contribution in [2.45, 2.75) is 25.6 Å². The van der Waals surface area contributed by atoms with Gasteiger partial charge in [0.1, 0.15) is 0 Å². The van der Waals surface area contributed by atoms with Crippen LogP contribution in [0.2, 0.25) is 0 Å². The van der Waals surface area contributed by atoms with Gasteiger partial charge in [-0.25, -0.2) is 8.42 Å². The Kier molecular flexibility index (Phi) is 3.15. The van der Waals surface area contributed by atoms with E-state index in [4.69, 9.17) is 5.11 Å². The van der Waals surface area contributed by atoms with Gasteiger partial charge in [-0.1, -0.05) is 0 Å². The zero-order valence-electron chi connectivity index (χ0n) is 8.21. The van der Waals surface area contributed by atoms with Crippen LogP contribution >= 0.6 is 0 Å². The minimum Gasteiger partial charge on any atom is -0.505 e. The maximum Gasteiger partial charge on any atom is 0.154 e. The Hall–Kier alpha value is -1.04. The van der Waals surface area contributed by atoms with Crippen LogP contribution in [0, 0.1) is 0 Å². The number of aryl methyl sites for hydroxylation is 1. The van der Waals surface area contributed by atoms with Gasteiger partial charge in [0.15, 0.2) is 15.6 Å². The van der Waals surface area contributed by atoms with E-state index in [-0.39, 0.29) is 23.3 Å². The van der Waals surface area contributed by atoms with Gasteiger partial charge in [0, 0.05) is 0 Å². The average Bonchev–Trinajstić information content (AvgIpc) is 2.48. The fourth-order valence-corrected chi connectivity index (χ4v) is 1.84. The molecule has 0 saturated carbocycles. The fraction of sp³-hybridized carbons (Fsp3) is 0.625. The molecule has 0 aliphatic heterocycles. The molecule has 0 saturated heterocycles. The molecule has 1 aromatic rings. The second-order valence-corrected chi connectivity index (χ2v) is 6.05. The summed E-state index contributed by atoms with van der Waals surface area (Å²) in [7, 11) is -3.03. The number of aromatic nitrogens is 2. The quantitative estimate of drug-likeness (QED) is 0.794. The normalized spacial score (nSPS) is 12.2. The molecule has 0 amide bonds. The molecule has 0 unspecified atom stereocenters. The summed E-state index contributed by atoms with van der Waals surface area (Å²) in [6.45, 7) is 3.58. The summed E-state index contributed by atoms with van der Waals surface area (Å²) in [4.78, 5) is 0. The zero-order valence-corrected chi connectivity index (χ0v) is 9.03. The predicted octanol–water partition coefficient (Wildman–Crippen LogP) is 0.412. The van der Waals surface area contributed by atoms with Gasteiger partial charge in [-0.3, -0.25) is 4.68 Å². The highest BCUT2D eigenvalue weighted by atomic mass is 32.2. The minimum atomic E-state index is -3.03. The summed E-state index contributed by atoms with van der Waals surface area (Å²) in [6.07, 6.45) is 2.68. The molecular weight excluding hydrogens is 204 g/mol. The Bertz CT molecular complexity index is 394. The van der Waals surface area contributed by atoms with E-state index in [1.165, 1.54) is 17.1 Å². The molecule has 1 N–H and O–H groups in total. The van der Waals surface area contributed by atoms with Gasteiger partial charge in [-0.05, 0) is 13.8 Å². The highest BCUT2D eigenvalue weighted by molar-refractivity contribution is 7.91. The minimum absolute atomic E-state index is 0.0474. The number of rotatable bonds is 4. The van der Waals surface area contributed by atoms with E-state index in [1.54, 1.807) is 13.8 Å². The summed E-state index contributed by atoms with van der Waals surface area (Å²) in [5.74, 6) is 0.0955. The molecule has 0 fully saturated rings. The molecule has 80 valence electrons. The Morgan fingerprint density at radius 2 is 2.21 bits per heavy atom. The number of hydrogen-bond donors (Lipinski definition) is 1. The lowest BCUT2D eigenvalue weighted by atomic mass is 10.6. The van der Waals surface area contributed by atoms with Crippen molar-refractivity contribution >= 4 is 9.84 Å². The number of hydrogen-bond acceptors (Lipinski definition) is 4. The van der Waals surface area contributed by atoms with Crippen molar-refractivity contribution in [2.75, 3.05) is 5.75 Å². The van der Waals surface area contributed by atoms with E-state index in [1.807, 2.05) is 0 Å². The lowest BCUT2D eigenvalue weighted by Crippen LogP contribution is -2.21. The number of nitrogens with zero attached hydrogens (tertiary/aromatic N) is 2. The predicted molar refractivity (Wildman–Crippen MR) is 52.8 cm³/mol. The summed E-state index contributed by atoms with van der Waals surface area (Å²) in [5.41, 5.74) is 0. The average molecular weight is 218 g/mol. The van der Waals surface area contributed by atoms with E-state index in [0.717, 1.165) is 0 Å². The van der Waals surface area contributed by atoms with E-state index in [2.05, 4.69) is 5.10 Å². The van der Waals surface area contributed by atoms with Crippen LogP contribution in [0.5, 0.6) is 5.75 Å². The van der Waals surface area contributed by atoms with Crippen molar-refractivity contribution in [3.63, 3.8) is 0 Å². The number of sulfone groups is 1. The topological polar surface area (TPSA) is 72.2 Å². The third-order valence-electron chi connectivity index (χ3n) is 1.94. The van der Waals surface area contributed by atoms with Crippen LogP contribution in [0.1, 0.15) is 13.8 Å². The molecule has 0 radical (unpaired) electrons. The van der Waals surface area contributed by atoms with Crippen LogP contribution in [-0.4, -0.2) is 34.3 Å². The smallest absolute Gasteiger partial charge is 0.154 e. The van der Waals surface area contributed by atoms with Gasteiger partial charge in [0.05, 0.1) is 29.9 Å². The van der Waals surface area contributed by atoms with Crippen LogP contribution in [-0.2, 0) is 16.4 Å². The second kappa shape index (κ2) is 4.00. The molecule has 0 bridgehead atoms.